The minimum atomic E-state index is -0.485. The number of rotatable bonds is 5. The van der Waals surface area contributed by atoms with Crippen LogP contribution in [0.25, 0.3) is 0 Å². The summed E-state index contributed by atoms with van der Waals surface area (Å²) in [5, 5.41) is 11.3. The highest BCUT2D eigenvalue weighted by Crippen LogP contribution is 2.30. The van der Waals surface area contributed by atoms with E-state index in [1.807, 2.05) is 6.92 Å². The van der Waals surface area contributed by atoms with Gasteiger partial charge in [0.15, 0.2) is 0 Å². The van der Waals surface area contributed by atoms with Crippen molar-refractivity contribution >= 4 is 28.8 Å². The molecule has 0 saturated carbocycles. The van der Waals surface area contributed by atoms with Crippen molar-refractivity contribution in [2.45, 2.75) is 20.4 Å². The van der Waals surface area contributed by atoms with E-state index in [-0.39, 0.29) is 23.1 Å². The van der Waals surface area contributed by atoms with Crippen molar-refractivity contribution in [2.24, 2.45) is 5.84 Å². The predicted octanol–water partition coefficient (Wildman–Crippen LogP) is 1.38. The van der Waals surface area contributed by atoms with Gasteiger partial charge in [-0.05, 0) is 13.8 Å². The third-order valence-corrected chi connectivity index (χ3v) is 3.86. The zero-order valence-corrected chi connectivity index (χ0v) is 12.6. The number of nitrogens with one attached hydrogen (secondary N) is 1. The molecule has 3 N–H and O–H groups in total. The van der Waals surface area contributed by atoms with Crippen LogP contribution >= 0.6 is 11.3 Å². The number of nitrogen functional groups attached to an aromatic ring is 1. The molecule has 0 amide bonds. The molecule has 0 aliphatic carbocycles. The number of nitrogens with two attached hydrogens (primary N) is 1. The second kappa shape index (κ2) is 5.97. The molecule has 2 heterocycles. The molecule has 0 unspecified atom stereocenters. The SMILES string of the molecule is Cc1ncsc1CN(C)c1nc(NN)nc(C)c1[N+](=O)[O-]. The number of anilines is 2. The van der Waals surface area contributed by atoms with Crippen LogP contribution in [0.5, 0.6) is 0 Å². The van der Waals surface area contributed by atoms with Gasteiger partial charge in [0.25, 0.3) is 0 Å². The standard InChI is InChI=1S/C11H15N7O2S/c1-6-8(21-5-13-6)4-17(3)10-9(18(19)20)7(2)14-11(15-10)16-12/h5H,4,12H2,1-3H3,(H,14,15,16). The van der Waals surface area contributed by atoms with Gasteiger partial charge in [0.2, 0.25) is 11.8 Å². The average Bonchev–Trinajstić information content (AvgIpc) is 2.82. The highest BCUT2D eigenvalue weighted by atomic mass is 32.1. The molecular weight excluding hydrogens is 294 g/mol. The van der Waals surface area contributed by atoms with Crippen LogP contribution in [0.4, 0.5) is 17.5 Å². The van der Waals surface area contributed by atoms with Gasteiger partial charge in [-0.3, -0.25) is 15.5 Å². The molecule has 0 aromatic carbocycles. The molecule has 0 aliphatic heterocycles. The molecular formula is C11H15N7O2S. The molecule has 112 valence electrons. The lowest BCUT2D eigenvalue weighted by Gasteiger charge is -2.18. The first kappa shape index (κ1) is 15.1. The molecule has 2 aromatic rings. The van der Waals surface area contributed by atoms with Gasteiger partial charge in [-0.1, -0.05) is 0 Å². The van der Waals surface area contributed by atoms with E-state index in [0.717, 1.165) is 10.6 Å². The van der Waals surface area contributed by atoms with Crippen LogP contribution < -0.4 is 16.2 Å². The molecule has 0 atom stereocenters. The maximum absolute atomic E-state index is 11.3. The quantitative estimate of drug-likeness (QED) is 0.482. The Morgan fingerprint density at radius 1 is 1.43 bits per heavy atom. The zero-order valence-electron chi connectivity index (χ0n) is 11.8. The Labute approximate surface area is 125 Å². The molecule has 21 heavy (non-hydrogen) atoms. The van der Waals surface area contributed by atoms with Crippen molar-refractivity contribution in [3.05, 3.63) is 31.9 Å². The van der Waals surface area contributed by atoms with Gasteiger partial charge < -0.3 is 4.90 Å². The largest absolute Gasteiger partial charge is 0.349 e. The number of hydrogen-bond acceptors (Lipinski definition) is 9. The van der Waals surface area contributed by atoms with Crippen molar-refractivity contribution in [3.63, 3.8) is 0 Å². The summed E-state index contributed by atoms with van der Waals surface area (Å²) in [6, 6.07) is 0. The Bertz CT molecular complexity index is 673. The van der Waals surface area contributed by atoms with E-state index in [9.17, 15) is 10.1 Å². The van der Waals surface area contributed by atoms with E-state index in [0.29, 0.717) is 6.54 Å². The number of nitrogens with zero attached hydrogens (tertiary/aromatic N) is 5. The minimum Gasteiger partial charge on any atom is -0.349 e. The van der Waals surface area contributed by atoms with Gasteiger partial charge in [-0.2, -0.15) is 4.98 Å². The van der Waals surface area contributed by atoms with E-state index < -0.39 is 4.92 Å². The van der Waals surface area contributed by atoms with E-state index in [2.05, 4.69) is 20.4 Å². The number of hydrazine groups is 1. The molecule has 2 rings (SSSR count). The summed E-state index contributed by atoms with van der Waals surface area (Å²) in [7, 11) is 1.73. The summed E-state index contributed by atoms with van der Waals surface area (Å²) < 4.78 is 0. The fourth-order valence-electron chi connectivity index (χ4n) is 1.86. The van der Waals surface area contributed by atoms with Crippen LogP contribution in [0.2, 0.25) is 0 Å². The van der Waals surface area contributed by atoms with Crippen molar-refractivity contribution in [3.8, 4) is 0 Å². The smallest absolute Gasteiger partial charge is 0.332 e. The number of aryl methyl sites for hydroxylation is 2. The van der Waals surface area contributed by atoms with E-state index in [4.69, 9.17) is 5.84 Å². The number of aromatic nitrogens is 3. The Kier molecular flexibility index (Phi) is 4.29. The third kappa shape index (κ3) is 3.06. The van der Waals surface area contributed by atoms with Crippen LogP contribution in [-0.4, -0.2) is 26.9 Å². The number of hydrogen-bond donors (Lipinski definition) is 2. The summed E-state index contributed by atoms with van der Waals surface area (Å²) in [6.07, 6.45) is 0. The zero-order chi connectivity index (χ0) is 15.6. The van der Waals surface area contributed by atoms with Gasteiger partial charge >= 0.3 is 5.69 Å². The topological polar surface area (TPSA) is 123 Å². The number of nitro groups is 1. The maximum atomic E-state index is 11.3. The lowest BCUT2D eigenvalue weighted by atomic mass is 10.3. The van der Waals surface area contributed by atoms with E-state index in [1.165, 1.54) is 11.3 Å². The van der Waals surface area contributed by atoms with Crippen LogP contribution in [-0.2, 0) is 6.54 Å². The Morgan fingerprint density at radius 3 is 2.67 bits per heavy atom. The molecule has 9 nitrogen and oxygen atoms in total. The molecule has 0 spiro atoms. The Morgan fingerprint density at radius 2 is 2.14 bits per heavy atom. The maximum Gasteiger partial charge on any atom is 0.332 e. The van der Waals surface area contributed by atoms with Crippen molar-refractivity contribution in [2.75, 3.05) is 17.4 Å². The van der Waals surface area contributed by atoms with Gasteiger partial charge in [0, 0.05) is 11.9 Å². The van der Waals surface area contributed by atoms with Gasteiger partial charge in [0.05, 0.1) is 22.7 Å². The lowest BCUT2D eigenvalue weighted by molar-refractivity contribution is -0.385. The minimum absolute atomic E-state index is 0.126. The molecule has 0 bridgehead atoms. The highest BCUT2D eigenvalue weighted by molar-refractivity contribution is 7.09. The van der Waals surface area contributed by atoms with Gasteiger partial charge in [0.1, 0.15) is 5.69 Å². The van der Waals surface area contributed by atoms with E-state index >= 15 is 0 Å². The van der Waals surface area contributed by atoms with Gasteiger partial charge in [-0.25, -0.2) is 15.8 Å². The normalized spacial score (nSPS) is 10.5. The summed E-state index contributed by atoms with van der Waals surface area (Å²) >= 11 is 1.49. The molecule has 0 aliphatic rings. The van der Waals surface area contributed by atoms with Crippen LogP contribution in [0, 0.1) is 24.0 Å². The Balaban J connectivity index is 2.43. The monoisotopic (exact) mass is 309 g/mol. The van der Waals surface area contributed by atoms with Crippen molar-refractivity contribution < 1.29 is 4.92 Å². The second-order valence-electron chi connectivity index (χ2n) is 4.42. The predicted molar refractivity (Wildman–Crippen MR) is 80.2 cm³/mol. The highest BCUT2D eigenvalue weighted by Gasteiger charge is 2.25. The molecule has 10 heteroatoms. The third-order valence-electron chi connectivity index (χ3n) is 2.94. The average molecular weight is 309 g/mol. The second-order valence-corrected chi connectivity index (χ2v) is 5.36. The van der Waals surface area contributed by atoms with Crippen LogP contribution in [0.1, 0.15) is 16.3 Å². The molecule has 0 radical (unpaired) electrons. The molecule has 0 fully saturated rings. The summed E-state index contributed by atoms with van der Waals surface area (Å²) in [6.45, 7) is 3.92. The summed E-state index contributed by atoms with van der Waals surface area (Å²) in [5.41, 5.74) is 5.09. The lowest BCUT2D eigenvalue weighted by Crippen LogP contribution is -2.22. The summed E-state index contributed by atoms with van der Waals surface area (Å²) in [4.78, 5) is 25.7. The van der Waals surface area contributed by atoms with Gasteiger partial charge in [-0.15, -0.1) is 11.3 Å². The molecule has 0 saturated heterocycles. The first-order chi connectivity index (χ1) is 9.93. The number of thiazole rings is 1. The van der Waals surface area contributed by atoms with Crippen LogP contribution in [0.15, 0.2) is 5.51 Å². The first-order valence-electron chi connectivity index (χ1n) is 6.03. The van der Waals surface area contributed by atoms with E-state index in [1.54, 1.807) is 24.4 Å². The summed E-state index contributed by atoms with van der Waals surface area (Å²) in [5.74, 6) is 5.66. The van der Waals surface area contributed by atoms with Crippen molar-refractivity contribution in [1.82, 2.24) is 15.0 Å². The van der Waals surface area contributed by atoms with Crippen LogP contribution in [0.3, 0.4) is 0 Å². The molecule has 2 aromatic heterocycles. The fraction of sp³-hybridized carbons (Fsp3) is 0.364. The fourth-order valence-corrected chi connectivity index (χ4v) is 2.69. The first-order valence-corrected chi connectivity index (χ1v) is 6.91. The van der Waals surface area contributed by atoms with Crippen molar-refractivity contribution in [1.29, 1.82) is 0 Å². The Hall–Kier alpha value is -2.33.